The fraction of sp³-hybridized carbons (Fsp3) is 0.944. The molecule has 3 aliphatic rings. The minimum atomic E-state index is -3.21. The molecule has 0 N–H and O–H groups in total. The Morgan fingerprint density at radius 3 is 2.48 bits per heavy atom. The van der Waals surface area contributed by atoms with E-state index in [0.717, 1.165) is 38.5 Å². The molecule has 1 saturated carbocycles. The van der Waals surface area contributed by atoms with Gasteiger partial charge in [-0.15, -0.1) is 0 Å². The number of ether oxygens (including phenoxy) is 3. The normalized spacial score (nSPS) is 25.9. The molecule has 3 fully saturated rings. The Morgan fingerprint density at radius 1 is 1.19 bits per heavy atom. The summed E-state index contributed by atoms with van der Waals surface area (Å²) in [5, 5.41) is 0. The number of nitrogens with zero attached hydrogens (tertiary/aromatic N) is 2. The number of carbonyl (C=O) groups is 1. The maximum absolute atomic E-state index is 12.3. The average molecular weight is 405 g/mol. The van der Waals surface area contributed by atoms with Crippen molar-refractivity contribution in [2.24, 2.45) is 0 Å². The van der Waals surface area contributed by atoms with Gasteiger partial charge in [-0.05, 0) is 38.5 Å². The summed E-state index contributed by atoms with van der Waals surface area (Å²) in [7, 11) is -1.61. The molecule has 0 bridgehead atoms. The number of piperidine rings is 1. The van der Waals surface area contributed by atoms with Crippen LogP contribution in [0.1, 0.15) is 38.5 Å². The van der Waals surface area contributed by atoms with Gasteiger partial charge >= 0.3 is 0 Å². The third kappa shape index (κ3) is 5.41. The topological polar surface area (TPSA) is 85.4 Å². The Bertz CT molecular complexity index is 613. The van der Waals surface area contributed by atoms with Gasteiger partial charge in [0.15, 0.2) is 0 Å². The smallest absolute Gasteiger partial charge is 0.248 e. The third-order valence-electron chi connectivity index (χ3n) is 5.80. The Hall–Kier alpha value is -0.740. The molecule has 27 heavy (non-hydrogen) atoms. The zero-order valence-electron chi connectivity index (χ0n) is 16.4. The molecular formula is C18H32N2O6S. The summed E-state index contributed by atoms with van der Waals surface area (Å²) in [6.07, 6.45) is 6.21. The molecule has 0 aromatic carbocycles. The lowest BCUT2D eigenvalue weighted by molar-refractivity contribution is -0.150. The molecule has 1 amide bonds. The zero-order valence-corrected chi connectivity index (χ0v) is 17.2. The van der Waals surface area contributed by atoms with Crippen molar-refractivity contribution in [2.75, 3.05) is 52.9 Å². The van der Waals surface area contributed by atoms with Crippen molar-refractivity contribution in [2.45, 2.75) is 56.2 Å². The molecule has 0 radical (unpaired) electrons. The van der Waals surface area contributed by atoms with Crippen molar-refractivity contribution < 1.29 is 27.4 Å². The fourth-order valence-electron chi connectivity index (χ4n) is 4.29. The molecule has 1 atom stereocenters. The molecule has 1 aliphatic carbocycles. The van der Waals surface area contributed by atoms with Gasteiger partial charge in [0, 0.05) is 38.9 Å². The van der Waals surface area contributed by atoms with E-state index < -0.39 is 10.0 Å². The minimum Gasteiger partial charge on any atom is -0.382 e. The van der Waals surface area contributed by atoms with E-state index in [1.54, 1.807) is 11.4 Å². The van der Waals surface area contributed by atoms with Crippen LogP contribution in [0, 0.1) is 0 Å². The van der Waals surface area contributed by atoms with Gasteiger partial charge in [0.2, 0.25) is 15.9 Å². The fourth-order valence-corrected chi connectivity index (χ4v) is 5.77. The largest absolute Gasteiger partial charge is 0.382 e. The van der Waals surface area contributed by atoms with Gasteiger partial charge in [-0.2, -0.15) is 4.31 Å². The zero-order chi connectivity index (χ0) is 19.5. The number of likely N-dealkylation sites (tertiary alicyclic amines) is 1. The highest BCUT2D eigenvalue weighted by atomic mass is 32.2. The molecule has 2 aliphatic heterocycles. The van der Waals surface area contributed by atoms with E-state index in [1.165, 1.54) is 6.26 Å². The maximum Gasteiger partial charge on any atom is 0.248 e. The summed E-state index contributed by atoms with van der Waals surface area (Å²) in [6, 6.07) is 0.187. The lowest BCUT2D eigenvalue weighted by Crippen LogP contribution is -2.56. The second-order valence-electron chi connectivity index (χ2n) is 7.93. The highest BCUT2D eigenvalue weighted by Crippen LogP contribution is 2.41. The van der Waals surface area contributed by atoms with Gasteiger partial charge in [0.1, 0.15) is 6.61 Å². The molecule has 3 rings (SSSR count). The van der Waals surface area contributed by atoms with E-state index in [4.69, 9.17) is 14.2 Å². The van der Waals surface area contributed by atoms with Crippen LogP contribution in [0.2, 0.25) is 0 Å². The van der Waals surface area contributed by atoms with Crippen LogP contribution in [-0.2, 0) is 29.0 Å². The van der Waals surface area contributed by atoms with Gasteiger partial charge in [-0.1, -0.05) is 0 Å². The summed E-state index contributed by atoms with van der Waals surface area (Å²) < 4.78 is 42.7. The lowest BCUT2D eigenvalue weighted by atomic mass is 9.82. The third-order valence-corrected chi connectivity index (χ3v) is 7.16. The summed E-state index contributed by atoms with van der Waals surface area (Å²) in [5.41, 5.74) is -0.311. The quantitative estimate of drug-likeness (QED) is 0.551. The van der Waals surface area contributed by atoms with Crippen LogP contribution in [0.15, 0.2) is 0 Å². The molecule has 2 heterocycles. The van der Waals surface area contributed by atoms with Crippen LogP contribution in [0.25, 0.3) is 0 Å². The first-order valence-electron chi connectivity index (χ1n) is 9.82. The second kappa shape index (κ2) is 8.73. The van der Waals surface area contributed by atoms with E-state index in [0.29, 0.717) is 32.9 Å². The number of carbonyl (C=O) groups excluding carboxylic acids is 1. The predicted octanol–water partition coefficient (Wildman–Crippen LogP) is 0.614. The Labute approximate surface area is 162 Å². The van der Waals surface area contributed by atoms with Crippen molar-refractivity contribution in [1.29, 1.82) is 0 Å². The monoisotopic (exact) mass is 404 g/mol. The number of hydrogen-bond donors (Lipinski definition) is 0. The van der Waals surface area contributed by atoms with Crippen LogP contribution in [-0.4, -0.2) is 94.1 Å². The van der Waals surface area contributed by atoms with Crippen LogP contribution < -0.4 is 0 Å². The van der Waals surface area contributed by atoms with E-state index in [9.17, 15) is 13.2 Å². The first-order chi connectivity index (χ1) is 12.8. The molecule has 9 heteroatoms. The SMILES string of the molecule is COCCOCC(=O)N1CCC2(CC1)CC(N(C1CC1)S(C)(=O)=O)CCO2. The van der Waals surface area contributed by atoms with E-state index in [1.807, 2.05) is 4.90 Å². The molecule has 8 nitrogen and oxygen atoms in total. The van der Waals surface area contributed by atoms with E-state index in [2.05, 4.69) is 0 Å². The van der Waals surface area contributed by atoms with Gasteiger partial charge in [0.05, 0.1) is 25.1 Å². The number of amides is 1. The highest BCUT2D eigenvalue weighted by molar-refractivity contribution is 7.88. The second-order valence-corrected chi connectivity index (χ2v) is 9.82. The van der Waals surface area contributed by atoms with Crippen molar-refractivity contribution in [3.05, 3.63) is 0 Å². The summed E-state index contributed by atoms with van der Waals surface area (Å²) >= 11 is 0. The first-order valence-corrected chi connectivity index (χ1v) is 11.7. The summed E-state index contributed by atoms with van der Waals surface area (Å²) in [5.74, 6) is -0.0101. The van der Waals surface area contributed by atoms with Crippen LogP contribution in [0.3, 0.4) is 0 Å². The molecule has 156 valence electrons. The first kappa shape index (κ1) is 21.0. The van der Waals surface area contributed by atoms with Crippen molar-refractivity contribution in [1.82, 2.24) is 9.21 Å². The van der Waals surface area contributed by atoms with E-state index in [-0.39, 0.29) is 30.2 Å². The minimum absolute atomic E-state index is 0.0101. The number of rotatable bonds is 8. The van der Waals surface area contributed by atoms with Crippen LogP contribution in [0.4, 0.5) is 0 Å². The number of methoxy groups -OCH3 is 1. The maximum atomic E-state index is 12.3. The number of hydrogen-bond acceptors (Lipinski definition) is 6. The lowest BCUT2D eigenvalue weighted by Gasteiger charge is -2.48. The van der Waals surface area contributed by atoms with E-state index >= 15 is 0 Å². The van der Waals surface area contributed by atoms with Crippen LogP contribution >= 0.6 is 0 Å². The van der Waals surface area contributed by atoms with Crippen molar-refractivity contribution in [3.8, 4) is 0 Å². The van der Waals surface area contributed by atoms with Gasteiger partial charge in [0.25, 0.3) is 0 Å². The van der Waals surface area contributed by atoms with Gasteiger partial charge in [-0.25, -0.2) is 8.42 Å². The molecule has 1 unspecified atom stereocenters. The molecule has 0 aromatic heterocycles. The van der Waals surface area contributed by atoms with Crippen molar-refractivity contribution in [3.63, 3.8) is 0 Å². The Kier molecular flexibility index (Phi) is 6.79. The molecule has 2 saturated heterocycles. The molecule has 0 aromatic rings. The van der Waals surface area contributed by atoms with Crippen LogP contribution in [0.5, 0.6) is 0 Å². The predicted molar refractivity (Wildman–Crippen MR) is 99.9 cm³/mol. The highest BCUT2D eigenvalue weighted by Gasteiger charge is 2.47. The Balaban J connectivity index is 1.53. The van der Waals surface area contributed by atoms with Gasteiger partial charge in [-0.3, -0.25) is 4.79 Å². The summed E-state index contributed by atoms with van der Waals surface area (Å²) in [6.45, 7) is 2.79. The Morgan fingerprint density at radius 2 is 1.89 bits per heavy atom. The standard InChI is InChI=1S/C18H32N2O6S/c1-24-11-12-25-14-17(21)19-8-6-18(7-9-19)13-16(5-10-26-18)20(15-3-4-15)27(2,22)23/h15-16H,3-14H2,1-2H3. The van der Waals surface area contributed by atoms with Gasteiger partial charge < -0.3 is 19.1 Å². The molecule has 1 spiro atoms. The average Bonchev–Trinajstić information content (AvgIpc) is 3.43. The van der Waals surface area contributed by atoms with Crippen molar-refractivity contribution >= 4 is 15.9 Å². The molecular weight excluding hydrogens is 372 g/mol. The number of sulfonamides is 1. The summed E-state index contributed by atoms with van der Waals surface area (Å²) in [4.78, 5) is 14.1.